The molecular formula is C8H13N. The summed E-state index contributed by atoms with van der Waals surface area (Å²) in [7, 11) is 0. The maximum atomic E-state index is 4.37. The lowest BCUT2D eigenvalue weighted by Crippen LogP contribution is -2.20. The Hall–Kier alpha value is -0.330. The molecule has 1 fully saturated rings. The molecule has 50 valence electrons. The molecule has 0 spiro atoms. The van der Waals surface area contributed by atoms with E-state index >= 15 is 0 Å². The van der Waals surface area contributed by atoms with Gasteiger partial charge in [0, 0.05) is 12.1 Å². The number of fused-ring (bicyclic) bond motifs is 2. The Morgan fingerprint density at radius 2 is 2.33 bits per heavy atom. The molecule has 0 aromatic rings. The van der Waals surface area contributed by atoms with Gasteiger partial charge < -0.3 is 0 Å². The minimum atomic E-state index is 0.562. The zero-order chi connectivity index (χ0) is 6.48. The third-order valence-corrected chi connectivity index (χ3v) is 2.77. The van der Waals surface area contributed by atoms with Gasteiger partial charge in [-0.05, 0) is 18.3 Å². The van der Waals surface area contributed by atoms with Gasteiger partial charge in [0.1, 0.15) is 0 Å². The molecule has 1 heteroatoms. The molecule has 0 aromatic carbocycles. The maximum absolute atomic E-state index is 4.37. The third kappa shape index (κ3) is 0.637. The minimum Gasteiger partial charge on any atom is -0.294 e. The van der Waals surface area contributed by atoms with E-state index in [9.17, 15) is 0 Å². The molecule has 1 saturated carbocycles. The Labute approximate surface area is 56.2 Å². The van der Waals surface area contributed by atoms with Crippen molar-refractivity contribution in [3.8, 4) is 0 Å². The number of aliphatic imine (C=N–C) groups is 1. The van der Waals surface area contributed by atoms with Crippen LogP contribution >= 0.6 is 0 Å². The predicted octanol–water partition coefficient (Wildman–Crippen LogP) is 1.88. The lowest BCUT2D eigenvalue weighted by Gasteiger charge is -2.24. The first-order valence-electron chi connectivity index (χ1n) is 3.72. The standard InChI is InChI=1S/C8H13N/c1-8(2)4-7-3-6(8)5-9-7/h5-7H,3-4H2,1-2H3. The van der Waals surface area contributed by atoms with Crippen LogP contribution in [0.3, 0.4) is 0 Å². The molecule has 9 heavy (non-hydrogen) atoms. The van der Waals surface area contributed by atoms with E-state index in [2.05, 4.69) is 25.1 Å². The molecule has 1 aliphatic carbocycles. The molecule has 2 unspecified atom stereocenters. The van der Waals surface area contributed by atoms with Gasteiger partial charge in [0.25, 0.3) is 0 Å². The number of hydrogen-bond acceptors (Lipinski definition) is 1. The highest BCUT2D eigenvalue weighted by Gasteiger charge is 2.42. The molecule has 1 nitrogen and oxygen atoms in total. The molecule has 2 bridgehead atoms. The Morgan fingerprint density at radius 1 is 1.56 bits per heavy atom. The molecule has 2 aliphatic rings. The van der Waals surface area contributed by atoms with Crippen LogP contribution in [0.2, 0.25) is 0 Å². The van der Waals surface area contributed by atoms with Crippen LogP contribution in [0.1, 0.15) is 26.7 Å². The molecule has 1 aliphatic heterocycles. The second-order valence-electron chi connectivity index (χ2n) is 3.99. The quantitative estimate of drug-likeness (QED) is 0.466. The molecule has 2 atom stereocenters. The third-order valence-electron chi connectivity index (χ3n) is 2.77. The Balaban J connectivity index is 2.29. The maximum Gasteiger partial charge on any atom is 0.0507 e. The SMILES string of the molecule is CC1(C)CC2CC1C=N2. The number of rotatable bonds is 0. The van der Waals surface area contributed by atoms with Crippen molar-refractivity contribution >= 4 is 6.21 Å². The zero-order valence-corrected chi connectivity index (χ0v) is 6.09. The van der Waals surface area contributed by atoms with E-state index in [1.807, 2.05) is 0 Å². The monoisotopic (exact) mass is 123 g/mol. The summed E-state index contributed by atoms with van der Waals surface area (Å²) in [6.45, 7) is 4.70. The highest BCUT2D eigenvalue weighted by molar-refractivity contribution is 5.66. The highest BCUT2D eigenvalue weighted by atomic mass is 14.9. The van der Waals surface area contributed by atoms with E-state index in [1.165, 1.54) is 12.8 Å². The molecule has 2 rings (SSSR count). The van der Waals surface area contributed by atoms with Gasteiger partial charge in [-0.25, -0.2) is 0 Å². The predicted molar refractivity (Wildman–Crippen MR) is 38.8 cm³/mol. The van der Waals surface area contributed by atoms with Gasteiger partial charge in [-0.15, -0.1) is 0 Å². The van der Waals surface area contributed by atoms with Crippen molar-refractivity contribution in [1.29, 1.82) is 0 Å². The first-order valence-corrected chi connectivity index (χ1v) is 3.72. The first-order chi connectivity index (χ1) is 4.18. The summed E-state index contributed by atoms with van der Waals surface area (Å²) in [6.07, 6.45) is 4.80. The van der Waals surface area contributed by atoms with E-state index < -0.39 is 0 Å². The van der Waals surface area contributed by atoms with Crippen molar-refractivity contribution in [3.63, 3.8) is 0 Å². The molecule has 0 aromatic heterocycles. The van der Waals surface area contributed by atoms with Gasteiger partial charge in [-0.1, -0.05) is 13.8 Å². The van der Waals surface area contributed by atoms with Crippen LogP contribution in [0.15, 0.2) is 4.99 Å². The summed E-state index contributed by atoms with van der Waals surface area (Å²) in [5.41, 5.74) is 0.562. The lowest BCUT2D eigenvalue weighted by atomic mass is 9.82. The van der Waals surface area contributed by atoms with Crippen LogP contribution in [0, 0.1) is 11.3 Å². The summed E-state index contributed by atoms with van der Waals surface area (Å²) >= 11 is 0. The second-order valence-corrected chi connectivity index (χ2v) is 3.99. The fraction of sp³-hybridized carbons (Fsp3) is 0.875. The molecule has 0 amide bonds. The molecule has 0 N–H and O–H groups in total. The van der Waals surface area contributed by atoms with Crippen LogP contribution in [0.25, 0.3) is 0 Å². The average molecular weight is 123 g/mol. The lowest BCUT2D eigenvalue weighted by molar-refractivity contribution is 0.321. The molecule has 1 heterocycles. The van der Waals surface area contributed by atoms with Gasteiger partial charge >= 0.3 is 0 Å². The van der Waals surface area contributed by atoms with E-state index in [4.69, 9.17) is 0 Å². The van der Waals surface area contributed by atoms with Crippen LogP contribution in [-0.4, -0.2) is 12.3 Å². The van der Waals surface area contributed by atoms with Crippen molar-refractivity contribution in [1.82, 2.24) is 0 Å². The molecule has 0 radical (unpaired) electrons. The van der Waals surface area contributed by atoms with Crippen LogP contribution < -0.4 is 0 Å². The van der Waals surface area contributed by atoms with Gasteiger partial charge in [-0.3, -0.25) is 4.99 Å². The minimum absolute atomic E-state index is 0.562. The largest absolute Gasteiger partial charge is 0.294 e. The van der Waals surface area contributed by atoms with Crippen molar-refractivity contribution < 1.29 is 0 Å². The van der Waals surface area contributed by atoms with Crippen LogP contribution in [0.4, 0.5) is 0 Å². The number of hydrogen-bond donors (Lipinski definition) is 0. The highest BCUT2D eigenvalue weighted by Crippen LogP contribution is 2.46. The van der Waals surface area contributed by atoms with Crippen molar-refractivity contribution in [3.05, 3.63) is 0 Å². The Bertz CT molecular complexity index is 158. The van der Waals surface area contributed by atoms with E-state index in [0.717, 1.165) is 5.92 Å². The average Bonchev–Trinajstić information content (AvgIpc) is 2.19. The van der Waals surface area contributed by atoms with Gasteiger partial charge in [-0.2, -0.15) is 0 Å². The fourth-order valence-electron chi connectivity index (χ4n) is 2.06. The first kappa shape index (κ1) is 5.45. The summed E-state index contributed by atoms with van der Waals surface area (Å²) in [5, 5.41) is 0. The number of nitrogens with zero attached hydrogens (tertiary/aromatic N) is 1. The second kappa shape index (κ2) is 1.39. The summed E-state index contributed by atoms with van der Waals surface area (Å²) in [5.74, 6) is 0.794. The molecular weight excluding hydrogens is 110 g/mol. The van der Waals surface area contributed by atoms with Crippen molar-refractivity contribution in [2.24, 2.45) is 16.3 Å². The summed E-state index contributed by atoms with van der Waals surface area (Å²) in [6, 6.07) is 0.685. The van der Waals surface area contributed by atoms with Crippen molar-refractivity contribution in [2.45, 2.75) is 32.7 Å². The molecule has 0 saturated heterocycles. The zero-order valence-electron chi connectivity index (χ0n) is 6.09. The Morgan fingerprint density at radius 3 is 2.56 bits per heavy atom. The summed E-state index contributed by atoms with van der Waals surface area (Å²) < 4.78 is 0. The van der Waals surface area contributed by atoms with Crippen LogP contribution in [0.5, 0.6) is 0 Å². The Kier molecular flexibility index (Phi) is 0.842. The topological polar surface area (TPSA) is 12.4 Å². The normalized spacial score (nSPS) is 44.2. The van der Waals surface area contributed by atoms with Gasteiger partial charge in [0.15, 0.2) is 0 Å². The van der Waals surface area contributed by atoms with E-state index in [0.29, 0.717) is 11.5 Å². The van der Waals surface area contributed by atoms with Gasteiger partial charge in [0.2, 0.25) is 0 Å². The smallest absolute Gasteiger partial charge is 0.0507 e. The van der Waals surface area contributed by atoms with Crippen molar-refractivity contribution in [2.75, 3.05) is 0 Å². The van der Waals surface area contributed by atoms with Crippen LogP contribution in [-0.2, 0) is 0 Å². The fourth-order valence-corrected chi connectivity index (χ4v) is 2.06. The van der Waals surface area contributed by atoms with E-state index in [1.54, 1.807) is 0 Å². The summed E-state index contributed by atoms with van der Waals surface area (Å²) in [4.78, 5) is 4.37. The van der Waals surface area contributed by atoms with Gasteiger partial charge in [0.05, 0.1) is 6.04 Å². The van der Waals surface area contributed by atoms with E-state index in [-0.39, 0.29) is 0 Å².